The molecule has 1 saturated carbocycles. The topological polar surface area (TPSA) is 24.9 Å². The fraction of sp³-hybridized carbons (Fsp3) is 0.750. The second kappa shape index (κ2) is 5.57. The highest BCUT2D eigenvalue weighted by molar-refractivity contribution is 7.09. The van der Waals surface area contributed by atoms with Crippen molar-refractivity contribution in [3.63, 3.8) is 0 Å². The summed E-state index contributed by atoms with van der Waals surface area (Å²) in [6, 6.07) is -0.0348. The van der Waals surface area contributed by atoms with Crippen LogP contribution in [0.1, 0.15) is 36.4 Å². The Kier molecular flexibility index (Phi) is 4.27. The van der Waals surface area contributed by atoms with Gasteiger partial charge in [-0.15, -0.1) is 11.3 Å². The second-order valence-electron chi connectivity index (χ2n) is 4.84. The second-order valence-corrected chi connectivity index (χ2v) is 5.90. The van der Waals surface area contributed by atoms with Gasteiger partial charge in [-0.3, -0.25) is 0 Å². The number of hydrogen-bond acceptors (Lipinski definition) is 3. The molecule has 1 heterocycles. The number of rotatable bonds is 3. The summed E-state index contributed by atoms with van der Waals surface area (Å²) >= 11 is 1.56. The number of hydrogen-bond donors (Lipinski definition) is 1. The third kappa shape index (κ3) is 3.68. The molecule has 0 spiro atoms. The van der Waals surface area contributed by atoms with Crippen LogP contribution >= 0.6 is 11.3 Å². The van der Waals surface area contributed by atoms with Gasteiger partial charge in [-0.05, 0) is 26.2 Å². The van der Waals surface area contributed by atoms with Crippen LogP contribution in [0.4, 0.5) is 13.2 Å². The van der Waals surface area contributed by atoms with Crippen LogP contribution < -0.4 is 5.32 Å². The van der Waals surface area contributed by atoms with Crippen molar-refractivity contribution in [2.75, 3.05) is 0 Å². The van der Waals surface area contributed by atoms with Crippen molar-refractivity contribution in [2.45, 2.75) is 51.4 Å². The molecule has 1 aromatic heterocycles. The van der Waals surface area contributed by atoms with Gasteiger partial charge in [-0.2, -0.15) is 13.2 Å². The maximum Gasteiger partial charge on any atom is 0.391 e. The fourth-order valence-electron chi connectivity index (χ4n) is 2.41. The van der Waals surface area contributed by atoms with Crippen molar-refractivity contribution in [3.8, 4) is 0 Å². The number of alkyl halides is 3. The number of aryl methyl sites for hydroxylation is 1. The van der Waals surface area contributed by atoms with Gasteiger partial charge in [0.15, 0.2) is 0 Å². The Bertz CT molecular complexity index is 389. The Hall–Kier alpha value is -0.620. The Balaban J connectivity index is 1.83. The van der Waals surface area contributed by atoms with Crippen LogP contribution in [0.2, 0.25) is 0 Å². The minimum absolute atomic E-state index is 0.0348. The molecule has 0 saturated heterocycles. The van der Waals surface area contributed by atoms with Crippen LogP contribution in [-0.2, 0) is 6.54 Å². The van der Waals surface area contributed by atoms with Gasteiger partial charge in [-0.25, -0.2) is 4.98 Å². The molecule has 1 aliphatic rings. The lowest BCUT2D eigenvalue weighted by molar-refractivity contribution is -0.183. The SMILES string of the molecule is Cc1nc(CNC2CCCC(C(F)(F)F)C2)cs1. The van der Waals surface area contributed by atoms with E-state index in [9.17, 15) is 13.2 Å². The van der Waals surface area contributed by atoms with Crippen molar-refractivity contribution < 1.29 is 13.2 Å². The van der Waals surface area contributed by atoms with E-state index in [-0.39, 0.29) is 18.9 Å². The summed E-state index contributed by atoms with van der Waals surface area (Å²) in [5.74, 6) is -1.14. The Labute approximate surface area is 109 Å². The molecular weight excluding hydrogens is 261 g/mol. The quantitative estimate of drug-likeness (QED) is 0.912. The lowest BCUT2D eigenvalue weighted by atomic mass is 9.85. The molecule has 102 valence electrons. The zero-order chi connectivity index (χ0) is 13.2. The largest absolute Gasteiger partial charge is 0.391 e. The summed E-state index contributed by atoms with van der Waals surface area (Å²) in [7, 11) is 0. The molecule has 0 aliphatic heterocycles. The zero-order valence-corrected chi connectivity index (χ0v) is 11.1. The molecule has 6 heteroatoms. The molecular formula is C12H17F3N2S. The van der Waals surface area contributed by atoms with E-state index in [1.807, 2.05) is 12.3 Å². The Morgan fingerprint density at radius 3 is 2.83 bits per heavy atom. The number of aromatic nitrogens is 1. The van der Waals surface area contributed by atoms with Crippen LogP contribution in [0.15, 0.2) is 5.38 Å². The smallest absolute Gasteiger partial charge is 0.308 e. The van der Waals surface area contributed by atoms with E-state index in [1.54, 1.807) is 11.3 Å². The molecule has 1 aliphatic carbocycles. The number of halogens is 3. The van der Waals surface area contributed by atoms with Crippen LogP contribution in [0.25, 0.3) is 0 Å². The van der Waals surface area contributed by atoms with Gasteiger partial charge in [0.1, 0.15) is 0 Å². The summed E-state index contributed by atoms with van der Waals surface area (Å²) in [4.78, 5) is 4.30. The molecule has 1 fully saturated rings. The summed E-state index contributed by atoms with van der Waals surface area (Å²) < 4.78 is 37.9. The van der Waals surface area contributed by atoms with E-state index in [1.165, 1.54) is 0 Å². The fourth-order valence-corrected chi connectivity index (χ4v) is 3.02. The van der Waals surface area contributed by atoms with Gasteiger partial charge in [-0.1, -0.05) is 6.42 Å². The first kappa shape index (κ1) is 13.8. The van der Waals surface area contributed by atoms with Crippen LogP contribution in [0.3, 0.4) is 0 Å². The van der Waals surface area contributed by atoms with E-state index >= 15 is 0 Å². The molecule has 0 amide bonds. The van der Waals surface area contributed by atoms with Gasteiger partial charge in [0.2, 0.25) is 0 Å². The standard InChI is InChI=1S/C12H17F3N2S/c1-8-17-11(7-18-8)6-16-10-4-2-3-9(5-10)12(13,14)15/h7,9-10,16H,2-6H2,1H3. The first-order chi connectivity index (χ1) is 8.45. The average Bonchev–Trinajstić information content (AvgIpc) is 2.72. The summed E-state index contributed by atoms with van der Waals surface area (Å²) in [6.45, 7) is 2.49. The lowest BCUT2D eigenvalue weighted by Crippen LogP contribution is -2.38. The van der Waals surface area contributed by atoms with Gasteiger partial charge < -0.3 is 5.32 Å². The molecule has 2 nitrogen and oxygen atoms in total. The van der Waals surface area contributed by atoms with Crippen LogP contribution in [-0.4, -0.2) is 17.2 Å². The van der Waals surface area contributed by atoms with Crippen molar-refractivity contribution in [1.29, 1.82) is 0 Å². The molecule has 1 N–H and O–H groups in total. The van der Waals surface area contributed by atoms with E-state index in [4.69, 9.17) is 0 Å². The third-order valence-electron chi connectivity index (χ3n) is 3.38. The minimum atomic E-state index is -4.04. The summed E-state index contributed by atoms with van der Waals surface area (Å²) in [5.41, 5.74) is 0.923. The van der Waals surface area contributed by atoms with Crippen LogP contribution in [0, 0.1) is 12.8 Å². The first-order valence-corrected chi connectivity index (χ1v) is 7.04. The van der Waals surface area contributed by atoms with Gasteiger partial charge in [0.25, 0.3) is 0 Å². The highest BCUT2D eigenvalue weighted by Crippen LogP contribution is 2.37. The predicted octanol–water partition coefficient (Wildman–Crippen LogP) is 3.66. The Morgan fingerprint density at radius 2 is 2.22 bits per heavy atom. The van der Waals surface area contributed by atoms with Crippen molar-refractivity contribution >= 4 is 11.3 Å². The highest BCUT2D eigenvalue weighted by Gasteiger charge is 2.41. The molecule has 2 atom stereocenters. The van der Waals surface area contributed by atoms with Crippen molar-refractivity contribution in [3.05, 3.63) is 16.1 Å². The lowest BCUT2D eigenvalue weighted by Gasteiger charge is -2.31. The molecule has 0 aromatic carbocycles. The maximum absolute atomic E-state index is 12.6. The van der Waals surface area contributed by atoms with E-state index in [2.05, 4.69) is 10.3 Å². The molecule has 2 unspecified atom stereocenters. The Morgan fingerprint density at radius 1 is 1.44 bits per heavy atom. The van der Waals surface area contributed by atoms with Crippen molar-refractivity contribution in [2.24, 2.45) is 5.92 Å². The van der Waals surface area contributed by atoms with Crippen LogP contribution in [0.5, 0.6) is 0 Å². The normalized spacial score (nSPS) is 25.3. The zero-order valence-electron chi connectivity index (χ0n) is 10.3. The summed E-state index contributed by atoms with van der Waals surface area (Å²) in [5, 5.41) is 6.14. The van der Waals surface area contributed by atoms with Crippen molar-refractivity contribution in [1.82, 2.24) is 10.3 Å². The van der Waals surface area contributed by atoms with Gasteiger partial charge in [0.05, 0.1) is 16.6 Å². The summed E-state index contributed by atoms with van der Waals surface area (Å²) in [6.07, 6.45) is -2.09. The molecule has 0 bridgehead atoms. The minimum Gasteiger partial charge on any atom is -0.308 e. The third-order valence-corrected chi connectivity index (χ3v) is 4.20. The highest BCUT2D eigenvalue weighted by atomic mass is 32.1. The number of thiazole rings is 1. The van der Waals surface area contributed by atoms with Gasteiger partial charge in [0, 0.05) is 18.0 Å². The van der Waals surface area contributed by atoms with Gasteiger partial charge >= 0.3 is 6.18 Å². The maximum atomic E-state index is 12.6. The molecule has 0 radical (unpaired) electrons. The molecule has 18 heavy (non-hydrogen) atoms. The average molecular weight is 278 g/mol. The predicted molar refractivity (Wildman–Crippen MR) is 65.5 cm³/mol. The number of nitrogens with zero attached hydrogens (tertiary/aromatic N) is 1. The molecule has 1 aromatic rings. The first-order valence-electron chi connectivity index (χ1n) is 6.16. The van der Waals surface area contributed by atoms with E-state index < -0.39 is 12.1 Å². The van der Waals surface area contributed by atoms with E-state index in [0.717, 1.165) is 17.1 Å². The number of nitrogens with one attached hydrogen (secondary N) is 1. The monoisotopic (exact) mass is 278 g/mol. The molecule has 2 rings (SSSR count). The van der Waals surface area contributed by atoms with E-state index in [0.29, 0.717) is 13.0 Å².